The van der Waals surface area contributed by atoms with Gasteiger partial charge in [-0.1, -0.05) is 53.4 Å². The zero-order valence-corrected chi connectivity index (χ0v) is 18.4. The van der Waals surface area contributed by atoms with E-state index in [-0.39, 0.29) is 6.61 Å². The fourth-order valence-electron chi connectivity index (χ4n) is 2.09. The molecule has 0 heterocycles. The summed E-state index contributed by atoms with van der Waals surface area (Å²) in [4.78, 5) is 23.6. The number of carbonyl (C=O) groups is 2. The van der Waals surface area contributed by atoms with E-state index in [0.29, 0.717) is 17.7 Å². The molecular weight excluding hydrogens is 356 g/mol. The van der Waals surface area contributed by atoms with Crippen LogP contribution in [0.2, 0.25) is 0 Å². The minimum Gasteiger partial charge on any atom is -0.462 e. The number of unbranched alkanes of at least 4 members (excludes halogenated alkanes) is 2. The molecule has 1 aromatic carbocycles. The van der Waals surface area contributed by atoms with Crippen molar-refractivity contribution in [3.8, 4) is 0 Å². The predicted octanol–water partition coefficient (Wildman–Crippen LogP) is 5.40. The summed E-state index contributed by atoms with van der Waals surface area (Å²) in [6, 6.07) is 6.06. The van der Waals surface area contributed by atoms with Crippen molar-refractivity contribution >= 4 is 11.9 Å². The van der Waals surface area contributed by atoms with Crippen molar-refractivity contribution in [2.24, 2.45) is 5.92 Å². The van der Waals surface area contributed by atoms with Crippen LogP contribution in [0.5, 0.6) is 0 Å². The fourth-order valence-corrected chi connectivity index (χ4v) is 2.09. The SMILES string of the molecule is CCCCC(C)C.CCCCOC(=O)c1ccc(C(=O)OC(C)(C)CO)cc1. The van der Waals surface area contributed by atoms with Crippen molar-refractivity contribution in [2.45, 2.75) is 79.2 Å². The molecule has 0 atom stereocenters. The van der Waals surface area contributed by atoms with Crippen LogP contribution in [0.15, 0.2) is 24.3 Å². The fraction of sp³-hybridized carbons (Fsp3) is 0.652. The van der Waals surface area contributed by atoms with E-state index in [1.165, 1.54) is 43.5 Å². The molecule has 0 saturated heterocycles. The van der Waals surface area contributed by atoms with Gasteiger partial charge in [0.2, 0.25) is 0 Å². The first-order valence-electron chi connectivity index (χ1n) is 10.3. The Kier molecular flexibility index (Phi) is 13.2. The summed E-state index contributed by atoms with van der Waals surface area (Å²) in [5, 5.41) is 9.07. The molecule has 0 spiro atoms. The minimum atomic E-state index is -0.936. The van der Waals surface area contributed by atoms with Crippen LogP contribution < -0.4 is 0 Å². The Bertz CT molecular complexity index is 561. The number of carbonyl (C=O) groups excluding carboxylic acids is 2. The molecule has 0 radical (unpaired) electrons. The quantitative estimate of drug-likeness (QED) is 0.425. The van der Waals surface area contributed by atoms with Gasteiger partial charge in [-0.25, -0.2) is 9.59 Å². The Morgan fingerprint density at radius 3 is 1.86 bits per heavy atom. The first-order valence-corrected chi connectivity index (χ1v) is 10.3. The molecule has 5 heteroatoms. The van der Waals surface area contributed by atoms with Gasteiger partial charge in [-0.05, 0) is 50.5 Å². The van der Waals surface area contributed by atoms with Crippen molar-refractivity contribution in [3.63, 3.8) is 0 Å². The van der Waals surface area contributed by atoms with Crippen molar-refractivity contribution in [1.82, 2.24) is 0 Å². The number of ether oxygens (including phenoxy) is 2. The van der Waals surface area contributed by atoms with Gasteiger partial charge in [-0.3, -0.25) is 0 Å². The summed E-state index contributed by atoms with van der Waals surface area (Å²) in [5.74, 6) is -0.0426. The maximum absolute atomic E-state index is 11.9. The standard InChI is InChI=1S/C16H22O5.C7H16/c1-4-5-10-20-14(18)12-6-8-13(9-7-12)15(19)21-16(2,3)11-17;1-4-5-6-7(2)3/h6-9,17H,4-5,10-11H2,1-3H3;7H,4-6H2,1-3H3. The van der Waals surface area contributed by atoms with Gasteiger partial charge < -0.3 is 14.6 Å². The van der Waals surface area contributed by atoms with Crippen LogP contribution in [-0.4, -0.2) is 35.9 Å². The van der Waals surface area contributed by atoms with Gasteiger partial charge in [-0.2, -0.15) is 0 Å². The third kappa shape index (κ3) is 11.8. The normalized spacial score (nSPS) is 10.9. The lowest BCUT2D eigenvalue weighted by Gasteiger charge is -2.22. The molecule has 0 fully saturated rings. The first-order chi connectivity index (χ1) is 13.2. The Morgan fingerprint density at radius 2 is 1.46 bits per heavy atom. The molecule has 0 bridgehead atoms. The summed E-state index contributed by atoms with van der Waals surface area (Å²) < 4.78 is 10.2. The Hall–Kier alpha value is -1.88. The number of hydrogen-bond donors (Lipinski definition) is 1. The van der Waals surface area contributed by atoms with E-state index in [9.17, 15) is 9.59 Å². The van der Waals surface area contributed by atoms with Crippen molar-refractivity contribution in [2.75, 3.05) is 13.2 Å². The average molecular weight is 395 g/mol. The Morgan fingerprint density at radius 1 is 0.964 bits per heavy atom. The van der Waals surface area contributed by atoms with Gasteiger partial charge in [0.15, 0.2) is 0 Å². The molecule has 1 aromatic rings. The second-order valence-corrected chi connectivity index (χ2v) is 7.91. The molecule has 5 nitrogen and oxygen atoms in total. The maximum Gasteiger partial charge on any atom is 0.338 e. The van der Waals surface area contributed by atoms with Crippen LogP contribution in [0.4, 0.5) is 0 Å². The largest absolute Gasteiger partial charge is 0.462 e. The van der Waals surface area contributed by atoms with Crippen LogP contribution in [-0.2, 0) is 9.47 Å². The summed E-state index contributed by atoms with van der Waals surface area (Å²) >= 11 is 0. The first kappa shape index (κ1) is 26.1. The highest BCUT2D eigenvalue weighted by atomic mass is 16.6. The second kappa shape index (κ2) is 14.2. The molecule has 1 N–H and O–H groups in total. The van der Waals surface area contributed by atoms with Crippen LogP contribution in [0, 0.1) is 5.92 Å². The van der Waals surface area contributed by atoms with Gasteiger partial charge in [0.05, 0.1) is 24.3 Å². The van der Waals surface area contributed by atoms with E-state index in [2.05, 4.69) is 20.8 Å². The highest BCUT2D eigenvalue weighted by molar-refractivity contribution is 5.93. The van der Waals surface area contributed by atoms with E-state index >= 15 is 0 Å². The topological polar surface area (TPSA) is 72.8 Å². The molecule has 0 aliphatic rings. The molecule has 160 valence electrons. The molecule has 0 saturated carbocycles. The molecule has 0 unspecified atom stereocenters. The Balaban J connectivity index is 0.000000887. The average Bonchev–Trinajstić information content (AvgIpc) is 2.66. The summed E-state index contributed by atoms with van der Waals surface area (Å²) in [5.41, 5.74) is -0.222. The second-order valence-electron chi connectivity index (χ2n) is 7.91. The van der Waals surface area contributed by atoms with E-state index in [4.69, 9.17) is 14.6 Å². The molecule has 0 aliphatic carbocycles. The number of benzene rings is 1. The van der Waals surface area contributed by atoms with E-state index in [1.54, 1.807) is 13.8 Å². The van der Waals surface area contributed by atoms with Crippen molar-refractivity contribution < 1.29 is 24.2 Å². The third-order valence-corrected chi connectivity index (χ3v) is 3.97. The van der Waals surface area contributed by atoms with Gasteiger partial charge in [0, 0.05) is 0 Å². The number of rotatable bonds is 10. The lowest BCUT2D eigenvalue weighted by atomic mass is 10.1. The highest BCUT2D eigenvalue weighted by Gasteiger charge is 2.22. The van der Waals surface area contributed by atoms with Crippen LogP contribution in [0.1, 0.15) is 94.4 Å². The number of aliphatic hydroxyl groups is 1. The van der Waals surface area contributed by atoms with Crippen molar-refractivity contribution in [1.29, 1.82) is 0 Å². The zero-order chi connectivity index (χ0) is 21.6. The molecule has 0 amide bonds. The van der Waals surface area contributed by atoms with Crippen molar-refractivity contribution in [3.05, 3.63) is 35.4 Å². The number of hydrogen-bond acceptors (Lipinski definition) is 5. The lowest BCUT2D eigenvalue weighted by molar-refractivity contribution is -0.0265. The van der Waals surface area contributed by atoms with Gasteiger partial charge >= 0.3 is 11.9 Å². The van der Waals surface area contributed by atoms with Gasteiger partial charge in [0.25, 0.3) is 0 Å². The van der Waals surface area contributed by atoms with E-state index < -0.39 is 17.5 Å². The number of esters is 2. The van der Waals surface area contributed by atoms with E-state index in [1.807, 2.05) is 6.92 Å². The van der Waals surface area contributed by atoms with Crippen LogP contribution >= 0.6 is 0 Å². The molecule has 28 heavy (non-hydrogen) atoms. The molecule has 0 aromatic heterocycles. The minimum absolute atomic E-state index is 0.263. The molecular formula is C23H38O5. The number of aliphatic hydroxyl groups excluding tert-OH is 1. The Labute approximate surface area is 170 Å². The van der Waals surface area contributed by atoms with Crippen LogP contribution in [0.25, 0.3) is 0 Å². The smallest absolute Gasteiger partial charge is 0.338 e. The maximum atomic E-state index is 11.9. The van der Waals surface area contributed by atoms with Crippen LogP contribution in [0.3, 0.4) is 0 Å². The van der Waals surface area contributed by atoms with Gasteiger partial charge in [0.1, 0.15) is 5.60 Å². The van der Waals surface area contributed by atoms with E-state index in [0.717, 1.165) is 18.8 Å². The predicted molar refractivity (Wildman–Crippen MR) is 113 cm³/mol. The summed E-state index contributed by atoms with van der Waals surface area (Å²) in [6.45, 7) is 12.2. The molecule has 0 aliphatic heterocycles. The summed E-state index contributed by atoms with van der Waals surface area (Å²) in [7, 11) is 0. The molecule has 1 rings (SSSR count). The zero-order valence-electron chi connectivity index (χ0n) is 18.4. The van der Waals surface area contributed by atoms with Gasteiger partial charge in [-0.15, -0.1) is 0 Å². The lowest BCUT2D eigenvalue weighted by Crippen LogP contribution is -2.32. The monoisotopic (exact) mass is 394 g/mol. The highest BCUT2D eigenvalue weighted by Crippen LogP contribution is 2.14. The third-order valence-electron chi connectivity index (χ3n) is 3.97. The summed E-state index contributed by atoms with van der Waals surface area (Å²) in [6.07, 6.45) is 5.93.